The fraction of sp³-hybridized carbons (Fsp3) is 0.333. The van der Waals surface area contributed by atoms with Gasteiger partial charge in [-0.05, 0) is 32.9 Å². The van der Waals surface area contributed by atoms with Crippen LogP contribution in [0.15, 0.2) is 18.2 Å². The van der Waals surface area contributed by atoms with Crippen LogP contribution in [0.25, 0.3) is 0 Å². The third kappa shape index (κ3) is 3.79. The van der Waals surface area contributed by atoms with Crippen LogP contribution in [-0.4, -0.2) is 23.1 Å². The first-order valence-electron chi connectivity index (χ1n) is 5.31. The van der Waals surface area contributed by atoms with Gasteiger partial charge in [0.25, 0.3) is 0 Å². The number of amides is 2. The summed E-state index contributed by atoms with van der Waals surface area (Å²) < 4.78 is 0. The van der Waals surface area contributed by atoms with Crippen molar-refractivity contribution in [2.24, 2.45) is 0 Å². The lowest BCUT2D eigenvalue weighted by Gasteiger charge is -2.12. The van der Waals surface area contributed by atoms with E-state index in [4.69, 9.17) is 5.11 Å². The second-order valence-electron chi connectivity index (χ2n) is 4.11. The topological polar surface area (TPSA) is 78.4 Å². The molecule has 0 aliphatic heterocycles. The van der Waals surface area contributed by atoms with Gasteiger partial charge in [0.2, 0.25) is 0 Å². The lowest BCUT2D eigenvalue weighted by molar-refractivity contribution is 0.0698. The predicted molar refractivity (Wildman–Crippen MR) is 65.4 cm³/mol. The van der Waals surface area contributed by atoms with Gasteiger partial charge in [-0.2, -0.15) is 0 Å². The largest absolute Gasteiger partial charge is 0.478 e. The van der Waals surface area contributed by atoms with Crippen molar-refractivity contribution < 1.29 is 14.7 Å². The molecule has 1 rings (SSSR count). The summed E-state index contributed by atoms with van der Waals surface area (Å²) in [5.74, 6) is -1.06. The zero-order valence-electron chi connectivity index (χ0n) is 10.1. The van der Waals surface area contributed by atoms with Gasteiger partial charge in [-0.3, -0.25) is 0 Å². The van der Waals surface area contributed by atoms with Crippen molar-refractivity contribution in [3.8, 4) is 0 Å². The Morgan fingerprint density at radius 2 is 1.94 bits per heavy atom. The summed E-state index contributed by atoms with van der Waals surface area (Å²) in [6, 6.07) is 4.43. The van der Waals surface area contributed by atoms with Gasteiger partial charge in [-0.1, -0.05) is 11.6 Å². The molecule has 2 amide bonds. The number of nitrogens with one attached hydrogen (secondary N) is 2. The van der Waals surface area contributed by atoms with Crippen LogP contribution >= 0.6 is 0 Å². The third-order valence-electron chi connectivity index (χ3n) is 2.07. The number of carbonyl (C=O) groups excluding carboxylic acids is 1. The highest BCUT2D eigenvalue weighted by Gasteiger charge is 2.12. The average molecular weight is 236 g/mol. The Hall–Kier alpha value is -2.04. The molecule has 5 nitrogen and oxygen atoms in total. The number of hydrogen-bond acceptors (Lipinski definition) is 2. The molecule has 0 saturated heterocycles. The van der Waals surface area contributed by atoms with E-state index < -0.39 is 12.0 Å². The Labute approximate surface area is 99.8 Å². The summed E-state index contributed by atoms with van der Waals surface area (Å²) in [4.78, 5) is 22.5. The minimum Gasteiger partial charge on any atom is -0.478 e. The zero-order chi connectivity index (χ0) is 13.0. The number of rotatable bonds is 3. The van der Waals surface area contributed by atoms with Crippen LogP contribution in [0.1, 0.15) is 29.8 Å². The average Bonchev–Trinajstić information content (AvgIpc) is 2.19. The van der Waals surface area contributed by atoms with E-state index in [1.807, 2.05) is 13.8 Å². The summed E-state index contributed by atoms with van der Waals surface area (Å²) in [7, 11) is 0. The number of carboxylic acids is 1. The smallest absolute Gasteiger partial charge is 0.337 e. The molecule has 0 aliphatic rings. The van der Waals surface area contributed by atoms with Crippen molar-refractivity contribution in [1.29, 1.82) is 0 Å². The maximum Gasteiger partial charge on any atom is 0.337 e. The summed E-state index contributed by atoms with van der Waals surface area (Å²) >= 11 is 0. The molecular formula is C12H16N2O3. The molecule has 3 N–H and O–H groups in total. The van der Waals surface area contributed by atoms with E-state index >= 15 is 0 Å². The Bertz CT molecular complexity index is 441. The second kappa shape index (κ2) is 5.34. The van der Waals surface area contributed by atoms with Crippen molar-refractivity contribution in [3.05, 3.63) is 29.3 Å². The van der Waals surface area contributed by atoms with Crippen LogP contribution in [0.4, 0.5) is 10.5 Å². The first-order valence-corrected chi connectivity index (χ1v) is 5.31. The first-order chi connectivity index (χ1) is 7.90. The quantitative estimate of drug-likeness (QED) is 0.753. The van der Waals surface area contributed by atoms with E-state index in [1.165, 1.54) is 6.07 Å². The number of carboxylic acid groups (broad SMARTS) is 1. The molecule has 0 aromatic heterocycles. The molecule has 5 heteroatoms. The molecule has 17 heavy (non-hydrogen) atoms. The van der Waals surface area contributed by atoms with Crippen molar-refractivity contribution in [2.45, 2.75) is 26.8 Å². The minimum atomic E-state index is -1.06. The van der Waals surface area contributed by atoms with Gasteiger partial charge in [0.1, 0.15) is 0 Å². The molecule has 1 aromatic carbocycles. The minimum absolute atomic E-state index is 0.00581. The highest BCUT2D eigenvalue weighted by Crippen LogP contribution is 2.17. The van der Waals surface area contributed by atoms with Crippen molar-refractivity contribution in [3.63, 3.8) is 0 Å². The number of carbonyl (C=O) groups is 2. The number of aromatic carboxylic acids is 1. The lowest BCUT2D eigenvalue weighted by atomic mass is 10.1. The zero-order valence-corrected chi connectivity index (χ0v) is 10.1. The number of aryl methyl sites for hydroxylation is 1. The second-order valence-corrected chi connectivity index (χ2v) is 4.11. The molecule has 0 spiro atoms. The fourth-order valence-electron chi connectivity index (χ4n) is 1.36. The summed E-state index contributed by atoms with van der Waals surface area (Å²) in [5.41, 5.74) is 1.21. The van der Waals surface area contributed by atoms with Crippen LogP contribution in [0.3, 0.4) is 0 Å². The van der Waals surface area contributed by atoms with Gasteiger partial charge >= 0.3 is 12.0 Å². The standard InChI is InChI=1S/C12H16N2O3/c1-7(2)13-12(17)14-10-5-4-8(3)6-9(10)11(15)16/h4-7H,1-3H3,(H,15,16)(H2,13,14,17). The molecular weight excluding hydrogens is 220 g/mol. The Balaban J connectivity index is 2.91. The van der Waals surface area contributed by atoms with Crippen molar-refractivity contribution in [2.75, 3.05) is 5.32 Å². The van der Waals surface area contributed by atoms with Crippen LogP contribution in [-0.2, 0) is 0 Å². The molecule has 0 bridgehead atoms. The van der Waals surface area contributed by atoms with E-state index in [0.717, 1.165) is 5.56 Å². The molecule has 0 saturated carbocycles. The molecule has 0 radical (unpaired) electrons. The van der Waals surface area contributed by atoms with E-state index in [2.05, 4.69) is 10.6 Å². The molecule has 0 heterocycles. The molecule has 0 unspecified atom stereocenters. The molecule has 0 aliphatic carbocycles. The van der Waals surface area contributed by atoms with E-state index in [-0.39, 0.29) is 11.6 Å². The Morgan fingerprint density at radius 1 is 1.29 bits per heavy atom. The normalized spacial score (nSPS) is 10.1. The van der Waals surface area contributed by atoms with E-state index in [1.54, 1.807) is 19.1 Å². The number of hydrogen-bond donors (Lipinski definition) is 3. The molecule has 92 valence electrons. The predicted octanol–water partition coefficient (Wildman–Crippen LogP) is 2.22. The maximum atomic E-state index is 11.5. The van der Waals surface area contributed by atoms with Crippen LogP contribution in [0, 0.1) is 6.92 Å². The Morgan fingerprint density at radius 3 is 2.47 bits per heavy atom. The van der Waals surface area contributed by atoms with Gasteiger partial charge in [-0.15, -0.1) is 0 Å². The van der Waals surface area contributed by atoms with Gasteiger partial charge in [0, 0.05) is 6.04 Å². The van der Waals surface area contributed by atoms with E-state index in [9.17, 15) is 9.59 Å². The Kier molecular flexibility index (Phi) is 4.09. The van der Waals surface area contributed by atoms with Gasteiger partial charge < -0.3 is 15.7 Å². The monoisotopic (exact) mass is 236 g/mol. The number of benzene rings is 1. The van der Waals surface area contributed by atoms with Crippen LogP contribution in [0.2, 0.25) is 0 Å². The van der Waals surface area contributed by atoms with Crippen molar-refractivity contribution >= 4 is 17.7 Å². The molecule has 1 aromatic rings. The summed E-state index contributed by atoms with van der Waals surface area (Å²) in [6.07, 6.45) is 0. The van der Waals surface area contributed by atoms with Crippen molar-refractivity contribution in [1.82, 2.24) is 5.32 Å². The number of anilines is 1. The first kappa shape index (κ1) is 13.0. The summed E-state index contributed by atoms with van der Waals surface area (Å²) in [5, 5.41) is 14.2. The van der Waals surface area contributed by atoms with Gasteiger partial charge in [0.15, 0.2) is 0 Å². The SMILES string of the molecule is Cc1ccc(NC(=O)NC(C)C)c(C(=O)O)c1. The van der Waals surface area contributed by atoms with E-state index in [0.29, 0.717) is 5.69 Å². The summed E-state index contributed by atoms with van der Waals surface area (Å²) in [6.45, 7) is 5.45. The number of urea groups is 1. The molecule has 0 fully saturated rings. The van der Waals surface area contributed by atoms with Gasteiger partial charge in [0.05, 0.1) is 11.3 Å². The van der Waals surface area contributed by atoms with Crippen LogP contribution < -0.4 is 10.6 Å². The molecule has 0 atom stereocenters. The van der Waals surface area contributed by atoms with Gasteiger partial charge in [-0.25, -0.2) is 9.59 Å². The maximum absolute atomic E-state index is 11.5. The highest BCUT2D eigenvalue weighted by atomic mass is 16.4. The fourth-order valence-corrected chi connectivity index (χ4v) is 1.36. The third-order valence-corrected chi connectivity index (χ3v) is 2.07. The van der Waals surface area contributed by atoms with Crippen LogP contribution in [0.5, 0.6) is 0 Å². The highest BCUT2D eigenvalue weighted by molar-refractivity contribution is 6.00. The lowest BCUT2D eigenvalue weighted by Crippen LogP contribution is -2.34.